The molecule has 0 bridgehead atoms. The number of benzene rings is 1. The zero-order valence-corrected chi connectivity index (χ0v) is 11.3. The highest BCUT2D eigenvalue weighted by Gasteiger charge is 2.19. The molecule has 0 aromatic heterocycles. The molecule has 2 N–H and O–H groups in total. The summed E-state index contributed by atoms with van der Waals surface area (Å²) >= 11 is 0. The number of imide groups is 1. The molecular weight excluding hydrogens is 267 g/mol. The maximum absolute atomic E-state index is 13.1. The number of ketones is 1. The van der Waals surface area contributed by atoms with Gasteiger partial charge in [0, 0.05) is 7.05 Å². The van der Waals surface area contributed by atoms with Gasteiger partial charge in [-0.2, -0.15) is 0 Å². The van der Waals surface area contributed by atoms with Crippen molar-refractivity contribution in [3.63, 3.8) is 0 Å². The molecule has 1 unspecified atom stereocenters. The molecule has 0 radical (unpaired) electrons. The number of carbonyl (C=O) groups is 3. The number of urea groups is 1. The number of halogens is 1. The van der Waals surface area contributed by atoms with E-state index >= 15 is 0 Å². The minimum atomic E-state index is -1.02. The van der Waals surface area contributed by atoms with E-state index in [1.807, 2.05) is 5.32 Å². The van der Waals surface area contributed by atoms with Gasteiger partial charge in [-0.25, -0.2) is 9.18 Å². The molecule has 1 rings (SSSR count). The summed E-state index contributed by atoms with van der Waals surface area (Å²) in [7, 11) is 1.36. The Morgan fingerprint density at radius 3 is 2.50 bits per heavy atom. The first kappa shape index (κ1) is 15.6. The van der Waals surface area contributed by atoms with Crippen LogP contribution in [0.1, 0.15) is 24.2 Å². The fourth-order valence-electron chi connectivity index (χ4n) is 1.40. The third-order valence-corrected chi connectivity index (χ3v) is 2.46. The minimum absolute atomic E-state index is 0.0320. The second-order valence-electron chi connectivity index (χ2n) is 4.03. The smallest absolute Gasteiger partial charge is 0.321 e. The second kappa shape index (κ2) is 6.65. The average molecular weight is 282 g/mol. The third kappa shape index (κ3) is 4.04. The fraction of sp³-hybridized carbons (Fsp3) is 0.308. The number of hydrogen-bond donors (Lipinski definition) is 2. The van der Waals surface area contributed by atoms with Crippen LogP contribution in [0.5, 0.6) is 5.75 Å². The van der Waals surface area contributed by atoms with Crippen LogP contribution in [0.4, 0.5) is 9.18 Å². The summed E-state index contributed by atoms with van der Waals surface area (Å²) in [5.74, 6) is -1.56. The van der Waals surface area contributed by atoms with E-state index in [4.69, 9.17) is 4.74 Å². The molecule has 1 aromatic carbocycles. The van der Waals surface area contributed by atoms with Gasteiger partial charge in [0.1, 0.15) is 11.6 Å². The summed E-state index contributed by atoms with van der Waals surface area (Å²) in [6.45, 7) is 2.67. The summed E-state index contributed by atoms with van der Waals surface area (Å²) in [6, 6.07) is 2.73. The predicted octanol–water partition coefficient (Wildman–Crippen LogP) is 1.25. The molecular formula is C13H15FN2O4. The van der Waals surface area contributed by atoms with Crippen molar-refractivity contribution >= 4 is 17.7 Å². The molecule has 0 spiro atoms. The van der Waals surface area contributed by atoms with Gasteiger partial charge in [0.05, 0.1) is 5.56 Å². The van der Waals surface area contributed by atoms with Crippen molar-refractivity contribution in [1.82, 2.24) is 10.6 Å². The number of rotatable bonds is 4. The van der Waals surface area contributed by atoms with E-state index in [1.54, 1.807) is 0 Å². The Hall–Kier alpha value is -2.44. The first-order valence-electron chi connectivity index (χ1n) is 5.85. The average Bonchev–Trinajstić information content (AvgIpc) is 2.40. The normalized spacial score (nSPS) is 11.4. The van der Waals surface area contributed by atoms with Crippen LogP contribution in [0.25, 0.3) is 0 Å². The van der Waals surface area contributed by atoms with Crippen molar-refractivity contribution in [2.75, 3.05) is 7.05 Å². The van der Waals surface area contributed by atoms with Gasteiger partial charge >= 0.3 is 6.03 Å². The van der Waals surface area contributed by atoms with Crippen LogP contribution in [0.3, 0.4) is 0 Å². The van der Waals surface area contributed by atoms with E-state index in [0.29, 0.717) is 0 Å². The third-order valence-electron chi connectivity index (χ3n) is 2.46. The van der Waals surface area contributed by atoms with Crippen LogP contribution in [0.15, 0.2) is 18.2 Å². The largest absolute Gasteiger partial charge is 0.480 e. The van der Waals surface area contributed by atoms with Crippen LogP contribution >= 0.6 is 0 Å². The van der Waals surface area contributed by atoms with Gasteiger partial charge in [-0.3, -0.25) is 14.9 Å². The molecule has 0 heterocycles. The van der Waals surface area contributed by atoms with Crippen molar-refractivity contribution < 1.29 is 23.5 Å². The topological polar surface area (TPSA) is 84.5 Å². The number of ether oxygens (including phenoxy) is 1. The molecule has 0 aliphatic carbocycles. The van der Waals surface area contributed by atoms with Crippen molar-refractivity contribution in [1.29, 1.82) is 0 Å². The standard InChI is InChI=1S/C13H15FN2O4/c1-7(17)10-6-9(14)4-5-11(10)20-8(2)12(18)16-13(19)15-3/h4-6,8H,1-3H3,(H2,15,16,18,19). The van der Waals surface area contributed by atoms with Crippen molar-refractivity contribution in [2.24, 2.45) is 0 Å². The Morgan fingerprint density at radius 1 is 1.30 bits per heavy atom. The lowest BCUT2D eigenvalue weighted by molar-refractivity contribution is -0.126. The zero-order chi connectivity index (χ0) is 15.3. The first-order valence-corrected chi connectivity index (χ1v) is 5.85. The highest BCUT2D eigenvalue weighted by Crippen LogP contribution is 2.21. The quantitative estimate of drug-likeness (QED) is 0.814. The van der Waals surface area contributed by atoms with E-state index in [9.17, 15) is 18.8 Å². The number of nitrogens with one attached hydrogen (secondary N) is 2. The van der Waals surface area contributed by atoms with Crippen LogP contribution in [-0.4, -0.2) is 30.9 Å². The number of carbonyl (C=O) groups excluding carboxylic acids is 3. The van der Waals surface area contributed by atoms with E-state index < -0.39 is 29.6 Å². The molecule has 6 nitrogen and oxygen atoms in total. The van der Waals surface area contributed by atoms with Gasteiger partial charge in [0.2, 0.25) is 0 Å². The van der Waals surface area contributed by atoms with Gasteiger partial charge in [-0.05, 0) is 32.0 Å². The summed E-state index contributed by atoms with van der Waals surface area (Å²) in [4.78, 5) is 34.0. The Labute approximate surface area is 115 Å². The van der Waals surface area contributed by atoms with Crippen molar-refractivity contribution in [3.05, 3.63) is 29.6 Å². The summed E-state index contributed by atoms with van der Waals surface area (Å²) in [5, 5.41) is 4.26. The minimum Gasteiger partial charge on any atom is -0.480 e. The van der Waals surface area contributed by atoms with Crippen molar-refractivity contribution in [3.8, 4) is 5.75 Å². The Kier molecular flexibility index (Phi) is 5.19. The van der Waals surface area contributed by atoms with E-state index in [0.717, 1.165) is 12.1 Å². The zero-order valence-electron chi connectivity index (χ0n) is 11.3. The van der Waals surface area contributed by atoms with Crippen molar-refractivity contribution in [2.45, 2.75) is 20.0 Å². The number of Topliss-reactive ketones (excluding diaryl/α,β-unsaturated/α-hetero) is 1. The molecule has 0 aliphatic rings. The Balaban J connectivity index is 2.85. The van der Waals surface area contributed by atoms with Gasteiger partial charge in [-0.1, -0.05) is 0 Å². The Morgan fingerprint density at radius 2 is 1.95 bits per heavy atom. The SMILES string of the molecule is CNC(=O)NC(=O)C(C)Oc1ccc(F)cc1C(C)=O. The molecule has 1 atom stereocenters. The van der Waals surface area contributed by atoms with Gasteiger partial charge in [-0.15, -0.1) is 0 Å². The van der Waals surface area contributed by atoms with Gasteiger partial charge in [0.15, 0.2) is 11.9 Å². The molecule has 1 aromatic rings. The summed E-state index contributed by atoms with van der Waals surface area (Å²) in [6.07, 6.45) is -1.02. The predicted molar refractivity (Wildman–Crippen MR) is 69.1 cm³/mol. The van der Waals surface area contributed by atoms with Gasteiger partial charge < -0.3 is 10.1 Å². The van der Waals surface area contributed by atoms with E-state index in [-0.39, 0.29) is 11.3 Å². The summed E-state index contributed by atoms with van der Waals surface area (Å²) in [5.41, 5.74) is 0.0320. The maximum Gasteiger partial charge on any atom is 0.321 e. The lowest BCUT2D eigenvalue weighted by atomic mass is 10.1. The first-order chi connectivity index (χ1) is 9.35. The van der Waals surface area contributed by atoms with E-state index in [2.05, 4.69) is 5.32 Å². The highest BCUT2D eigenvalue weighted by molar-refractivity contribution is 5.98. The molecule has 20 heavy (non-hydrogen) atoms. The molecule has 3 amide bonds. The molecule has 0 saturated carbocycles. The van der Waals surface area contributed by atoms with Gasteiger partial charge in [0.25, 0.3) is 5.91 Å². The second-order valence-corrected chi connectivity index (χ2v) is 4.03. The lowest BCUT2D eigenvalue weighted by Gasteiger charge is -2.16. The van der Waals surface area contributed by atoms with Crippen LogP contribution < -0.4 is 15.4 Å². The highest BCUT2D eigenvalue weighted by atomic mass is 19.1. The molecule has 108 valence electrons. The molecule has 0 saturated heterocycles. The van der Waals surface area contributed by atoms with Crippen LogP contribution in [0, 0.1) is 5.82 Å². The monoisotopic (exact) mass is 282 g/mol. The van der Waals surface area contributed by atoms with E-state index in [1.165, 1.54) is 27.0 Å². The molecule has 7 heteroatoms. The number of amides is 3. The summed E-state index contributed by atoms with van der Waals surface area (Å²) < 4.78 is 18.4. The molecule has 0 fully saturated rings. The lowest BCUT2D eigenvalue weighted by Crippen LogP contribution is -2.44. The van der Waals surface area contributed by atoms with Crippen LogP contribution in [-0.2, 0) is 4.79 Å². The maximum atomic E-state index is 13.1. The Bertz CT molecular complexity index is 545. The number of hydrogen-bond acceptors (Lipinski definition) is 4. The fourth-order valence-corrected chi connectivity index (χ4v) is 1.40. The van der Waals surface area contributed by atoms with Crippen LogP contribution in [0.2, 0.25) is 0 Å². The molecule has 0 aliphatic heterocycles.